The van der Waals surface area contributed by atoms with E-state index in [4.69, 9.17) is 4.74 Å². The van der Waals surface area contributed by atoms with Gasteiger partial charge in [-0.25, -0.2) is 4.79 Å². The third-order valence-electron chi connectivity index (χ3n) is 3.50. The van der Waals surface area contributed by atoms with E-state index in [1.165, 1.54) is 19.2 Å². The molecule has 0 aliphatic rings. The van der Waals surface area contributed by atoms with Crippen LogP contribution < -0.4 is 20.1 Å². The number of ether oxygens (including phenoxy) is 2. The second kappa shape index (κ2) is 9.22. The third-order valence-corrected chi connectivity index (χ3v) is 4.48. The van der Waals surface area contributed by atoms with E-state index < -0.39 is 6.61 Å². The topological polar surface area (TPSA) is 59.6 Å². The van der Waals surface area contributed by atoms with Gasteiger partial charge in [0.1, 0.15) is 0 Å². The molecular weight excluding hydrogens is 350 g/mol. The number of alkyl halides is 2. The summed E-state index contributed by atoms with van der Waals surface area (Å²) in [7, 11) is 1.37. The lowest BCUT2D eigenvalue weighted by atomic mass is 10.2. The number of nitrogens with one attached hydrogen (secondary N) is 2. The van der Waals surface area contributed by atoms with Gasteiger partial charge in [0.15, 0.2) is 11.5 Å². The molecule has 1 aromatic carbocycles. The molecule has 2 amide bonds. The van der Waals surface area contributed by atoms with Crippen LogP contribution in [0.1, 0.15) is 29.8 Å². The predicted molar refractivity (Wildman–Crippen MR) is 92.3 cm³/mol. The summed E-state index contributed by atoms with van der Waals surface area (Å²) in [4.78, 5) is 13.2. The van der Waals surface area contributed by atoms with Crippen molar-refractivity contribution < 1.29 is 23.0 Å². The molecule has 0 spiro atoms. The van der Waals surface area contributed by atoms with Gasteiger partial charge in [-0.3, -0.25) is 0 Å². The van der Waals surface area contributed by atoms with Crippen LogP contribution in [0.2, 0.25) is 0 Å². The molecule has 0 saturated carbocycles. The van der Waals surface area contributed by atoms with E-state index in [9.17, 15) is 13.6 Å². The Kier molecular flexibility index (Phi) is 7.00. The molecule has 0 aliphatic heterocycles. The molecule has 2 aromatic rings. The van der Waals surface area contributed by atoms with Crippen LogP contribution in [0.25, 0.3) is 0 Å². The van der Waals surface area contributed by atoms with Gasteiger partial charge in [0.25, 0.3) is 0 Å². The van der Waals surface area contributed by atoms with Crippen LogP contribution in [-0.2, 0) is 6.54 Å². The van der Waals surface area contributed by atoms with Crippen molar-refractivity contribution in [1.82, 2.24) is 10.6 Å². The van der Waals surface area contributed by atoms with Gasteiger partial charge in [0.05, 0.1) is 13.2 Å². The first-order valence-corrected chi connectivity index (χ1v) is 8.61. The van der Waals surface area contributed by atoms with Gasteiger partial charge in [-0.15, -0.1) is 11.3 Å². The number of amides is 2. The zero-order valence-corrected chi connectivity index (χ0v) is 14.7. The summed E-state index contributed by atoms with van der Waals surface area (Å²) in [6.07, 6.45) is 0.767. The maximum atomic E-state index is 12.4. The lowest BCUT2D eigenvalue weighted by Gasteiger charge is -2.16. The van der Waals surface area contributed by atoms with E-state index in [0.29, 0.717) is 5.56 Å². The van der Waals surface area contributed by atoms with Gasteiger partial charge in [-0.1, -0.05) is 19.1 Å². The average molecular weight is 370 g/mol. The second-order valence-electron chi connectivity index (χ2n) is 5.17. The Morgan fingerprint density at radius 3 is 2.68 bits per heavy atom. The quantitative estimate of drug-likeness (QED) is 0.728. The summed E-state index contributed by atoms with van der Waals surface area (Å²) in [5, 5.41) is 7.57. The molecule has 1 unspecified atom stereocenters. The molecule has 25 heavy (non-hydrogen) atoms. The fourth-order valence-corrected chi connectivity index (χ4v) is 3.14. The molecule has 2 N–H and O–H groups in total. The van der Waals surface area contributed by atoms with Crippen molar-refractivity contribution >= 4 is 17.4 Å². The predicted octanol–water partition coefficient (Wildman–Crippen LogP) is 4.31. The van der Waals surface area contributed by atoms with Crippen LogP contribution in [0.4, 0.5) is 13.6 Å². The van der Waals surface area contributed by atoms with Crippen molar-refractivity contribution in [3.8, 4) is 11.5 Å². The molecule has 0 fully saturated rings. The van der Waals surface area contributed by atoms with Gasteiger partial charge in [-0.2, -0.15) is 8.78 Å². The van der Waals surface area contributed by atoms with Gasteiger partial charge in [0, 0.05) is 11.4 Å². The van der Waals surface area contributed by atoms with E-state index in [2.05, 4.69) is 15.4 Å². The largest absolute Gasteiger partial charge is 0.493 e. The van der Waals surface area contributed by atoms with Crippen molar-refractivity contribution in [2.24, 2.45) is 0 Å². The Morgan fingerprint density at radius 1 is 1.28 bits per heavy atom. The third kappa shape index (κ3) is 5.60. The number of carbonyl (C=O) groups excluding carboxylic acids is 1. The average Bonchev–Trinajstić information content (AvgIpc) is 3.12. The number of hydrogen-bond donors (Lipinski definition) is 2. The van der Waals surface area contributed by atoms with Crippen LogP contribution in [0, 0.1) is 0 Å². The van der Waals surface area contributed by atoms with E-state index in [1.54, 1.807) is 17.4 Å². The number of methoxy groups -OCH3 is 1. The lowest BCUT2D eigenvalue weighted by molar-refractivity contribution is -0.0512. The van der Waals surface area contributed by atoms with Gasteiger partial charge < -0.3 is 20.1 Å². The number of benzene rings is 1. The Bertz CT molecular complexity index is 681. The molecule has 136 valence electrons. The Hall–Kier alpha value is -2.35. The normalized spacial score (nSPS) is 11.9. The summed E-state index contributed by atoms with van der Waals surface area (Å²) < 4.78 is 34.3. The maximum Gasteiger partial charge on any atom is 0.387 e. The number of rotatable bonds is 8. The van der Waals surface area contributed by atoms with Crippen LogP contribution in [-0.4, -0.2) is 19.8 Å². The molecule has 8 heteroatoms. The van der Waals surface area contributed by atoms with E-state index in [-0.39, 0.29) is 30.1 Å². The van der Waals surface area contributed by atoms with Crippen LogP contribution in [0.5, 0.6) is 11.5 Å². The molecule has 0 bridgehead atoms. The van der Waals surface area contributed by atoms with Crippen LogP contribution in [0.3, 0.4) is 0 Å². The van der Waals surface area contributed by atoms with E-state index in [0.717, 1.165) is 11.3 Å². The smallest absolute Gasteiger partial charge is 0.387 e. The molecule has 0 saturated heterocycles. The first kappa shape index (κ1) is 19.0. The Morgan fingerprint density at radius 2 is 2.08 bits per heavy atom. The number of carbonyl (C=O) groups is 1. The first-order valence-electron chi connectivity index (χ1n) is 7.73. The Balaban J connectivity index is 1.94. The van der Waals surface area contributed by atoms with Crippen molar-refractivity contribution in [2.45, 2.75) is 32.5 Å². The van der Waals surface area contributed by atoms with Gasteiger partial charge >= 0.3 is 12.6 Å². The molecule has 1 atom stereocenters. The number of thiophene rings is 1. The fraction of sp³-hybridized carbons (Fsp3) is 0.353. The van der Waals surface area contributed by atoms with E-state index >= 15 is 0 Å². The molecule has 2 rings (SSSR count). The highest BCUT2D eigenvalue weighted by atomic mass is 32.1. The molecule has 5 nitrogen and oxygen atoms in total. The van der Waals surface area contributed by atoms with Crippen molar-refractivity contribution in [3.05, 3.63) is 46.2 Å². The monoisotopic (exact) mass is 370 g/mol. The first-order chi connectivity index (χ1) is 12.0. The molecule has 0 aliphatic carbocycles. The zero-order chi connectivity index (χ0) is 18.2. The standard InChI is InChI=1S/C17H20F2N2O3S/c1-3-12(15-5-4-8-25-15)21-17(22)20-10-11-6-7-13(23-2)14(9-11)24-16(18)19/h4-9,12,16H,3,10H2,1-2H3,(H2,20,21,22). The SMILES string of the molecule is CCC(NC(=O)NCc1ccc(OC)c(OC(F)F)c1)c1cccs1. The molecule has 1 aromatic heterocycles. The number of halogens is 2. The number of urea groups is 1. The summed E-state index contributed by atoms with van der Waals surface area (Å²) in [6.45, 7) is -0.783. The number of hydrogen-bond acceptors (Lipinski definition) is 4. The summed E-state index contributed by atoms with van der Waals surface area (Å²) in [5.41, 5.74) is 0.621. The second-order valence-corrected chi connectivity index (χ2v) is 6.15. The van der Waals surface area contributed by atoms with Crippen molar-refractivity contribution in [3.63, 3.8) is 0 Å². The molecular formula is C17H20F2N2O3S. The highest BCUT2D eigenvalue weighted by Crippen LogP contribution is 2.29. The van der Waals surface area contributed by atoms with E-state index in [1.807, 2.05) is 24.4 Å². The summed E-state index contributed by atoms with van der Waals surface area (Å²) >= 11 is 1.58. The van der Waals surface area contributed by atoms with Gasteiger partial charge in [-0.05, 0) is 35.6 Å². The van der Waals surface area contributed by atoms with Crippen molar-refractivity contribution in [2.75, 3.05) is 7.11 Å². The summed E-state index contributed by atoms with van der Waals surface area (Å²) in [5.74, 6) is 0.138. The van der Waals surface area contributed by atoms with Gasteiger partial charge in [0.2, 0.25) is 0 Å². The Labute approximate surface area is 149 Å². The van der Waals surface area contributed by atoms with Crippen molar-refractivity contribution in [1.29, 1.82) is 0 Å². The minimum Gasteiger partial charge on any atom is -0.493 e. The fourth-order valence-electron chi connectivity index (χ4n) is 2.27. The molecule has 1 heterocycles. The highest BCUT2D eigenvalue weighted by molar-refractivity contribution is 7.10. The zero-order valence-electron chi connectivity index (χ0n) is 13.9. The summed E-state index contributed by atoms with van der Waals surface area (Å²) in [6, 6.07) is 8.13. The van der Waals surface area contributed by atoms with Crippen LogP contribution in [0.15, 0.2) is 35.7 Å². The highest BCUT2D eigenvalue weighted by Gasteiger charge is 2.14. The lowest BCUT2D eigenvalue weighted by Crippen LogP contribution is -2.37. The minimum atomic E-state index is -2.95. The van der Waals surface area contributed by atoms with Crippen LogP contribution >= 0.6 is 11.3 Å². The minimum absolute atomic E-state index is 0.0615. The maximum absolute atomic E-state index is 12.4. The molecule has 0 radical (unpaired) electrons.